The normalized spacial score (nSPS) is 10.8. The van der Waals surface area contributed by atoms with Crippen LogP contribution < -0.4 is 4.90 Å². The summed E-state index contributed by atoms with van der Waals surface area (Å²) < 4.78 is 0. The Morgan fingerprint density at radius 3 is 2.74 bits per heavy atom. The van der Waals surface area contributed by atoms with E-state index in [-0.39, 0.29) is 0 Å². The quantitative estimate of drug-likeness (QED) is 0.775. The lowest BCUT2D eigenvalue weighted by Crippen LogP contribution is -2.23. The number of aromatic nitrogens is 4. The van der Waals surface area contributed by atoms with Crippen molar-refractivity contribution < 1.29 is 0 Å². The van der Waals surface area contributed by atoms with Crippen molar-refractivity contribution in [2.24, 2.45) is 0 Å². The number of fused-ring (bicyclic) bond motifs is 1. The summed E-state index contributed by atoms with van der Waals surface area (Å²) in [5, 5.41) is 0. The van der Waals surface area contributed by atoms with Gasteiger partial charge >= 0.3 is 0 Å². The predicted octanol–water partition coefficient (Wildman–Crippen LogP) is 2.38. The smallest absolute Gasteiger partial charge is 0.182 e. The van der Waals surface area contributed by atoms with E-state index >= 15 is 0 Å². The van der Waals surface area contributed by atoms with E-state index in [0.29, 0.717) is 5.65 Å². The third-order valence-electron chi connectivity index (χ3n) is 3.10. The Labute approximate surface area is 111 Å². The zero-order chi connectivity index (χ0) is 13.1. The lowest BCUT2D eigenvalue weighted by atomic mass is 10.2. The Hall–Kier alpha value is -2.43. The Kier molecular flexibility index (Phi) is 3.10. The van der Waals surface area contributed by atoms with Crippen LogP contribution in [0.2, 0.25) is 0 Å². The molecule has 19 heavy (non-hydrogen) atoms. The summed E-state index contributed by atoms with van der Waals surface area (Å²) in [6, 6.07) is 10.4. The molecule has 1 aromatic carbocycles. The number of benzene rings is 1. The highest BCUT2D eigenvalue weighted by Crippen LogP contribution is 2.21. The number of aromatic amines is 1. The monoisotopic (exact) mass is 253 g/mol. The standard InChI is InChI=1S/C14H15N5/c1-2-19(8-11-6-4-3-5-7-11)14-12-13(16-9-15-12)17-10-18-14/h3-7,9-10H,2,8H2,1H3,(H,15,16,17,18). The van der Waals surface area contributed by atoms with Gasteiger partial charge in [0.15, 0.2) is 11.5 Å². The summed E-state index contributed by atoms with van der Waals surface area (Å²) in [5.74, 6) is 0.897. The van der Waals surface area contributed by atoms with Gasteiger partial charge in [0.25, 0.3) is 0 Å². The minimum absolute atomic E-state index is 0.705. The van der Waals surface area contributed by atoms with Gasteiger partial charge in [-0.05, 0) is 12.5 Å². The Morgan fingerprint density at radius 2 is 1.95 bits per heavy atom. The average Bonchev–Trinajstić information content (AvgIpc) is 2.94. The third kappa shape index (κ3) is 2.27. The fraction of sp³-hybridized carbons (Fsp3) is 0.214. The summed E-state index contributed by atoms with van der Waals surface area (Å²) in [4.78, 5) is 18.0. The first kappa shape index (κ1) is 11.6. The van der Waals surface area contributed by atoms with Gasteiger partial charge < -0.3 is 9.88 Å². The van der Waals surface area contributed by atoms with Gasteiger partial charge in [-0.25, -0.2) is 15.0 Å². The number of nitrogens with zero attached hydrogens (tertiary/aromatic N) is 4. The SMILES string of the molecule is CCN(Cc1ccccc1)c1ncnc2nc[nH]c12. The van der Waals surface area contributed by atoms with Crippen LogP contribution in [0.4, 0.5) is 5.82 Å². The molecule has 0 saturated carbocycles. The lowest BCUT2D eigenvalue weighted by molar-refractivity contribution is 0.815. The van der Waals surface area contributed by atoms with Crippen LogP contribution in [-0.4, -0.2) is 26.5 Å². The van der Waals surface area contributed by atoms with E-state index in [1.54, 1.807) is 12.7 Å². The first-order valence-corrected chi connectivity index (χ1v) is 6.31. The van der Waals surface area contributed by atoms with E-state index in [2.05, 4.69) is 56.0 Å². The molecule has 0 aliphatic carbocycles. The van der Waals surface area contributed by atoms with E-state index in [1.807, 2.05) is 6.07 Å². The summed E-state index contributed by atoms with van der Waals surface area (Å²) in [7, 11) is 0. The molecule has 0 amide bonds. The van der Waals surface area contributed by atoms with Gasteiger partial charge in [0.05, 0.1) is 6.33 Å². The van der Waals surface area contributed by atoms with Gasteiger partial charge in [-0.2, -0.15) is 0 Å². The van der Waals surface area contributed by atoms with Gasteiger partial charge in [-0.3, -0.25) is 0 Å². The minimum atomic E-state index is 0.705. The fourth-order valence-electron chi connectivity index (χ4n) is 2.13. The largest absolute Gasteiger partial charge is 0.351 e. The van der Waals surface area contributed by atoms with Crippen LogP contribution in [0.15, 0.2) is 43.0 Å². The maximum atomic E-state index is 4.39. The molecule has 0 fully saturated rings. The van der Waals surface area contributed by atoms with Crippen LogP contribution in [0.1, 0.15) is 12.5 Å². The first-order chi connectivity index (χ1) is 9.38. The van der Waals surface area contributed by atoms with Crippen LogP contribution in [0.3, 0.4) is 0 Å². The zero-order valence-electron chi connectivity index (χ0n) is 10.7. The zero-order valence-corrected chi connectivity index (χ0v) is 10.7. The van der Waals surface area contributed by atoms with Crippen molar-refractivity contribution in [1.82, 2.24) is 19.9 Å². The second-order valence-corrected chi connectivity index (χ2v) is 4.30. The number of anilines is 1. The molecule has 0 unspecified atom stereocenters. The highest BCUT2D eigenvalue weighted by Gasteiger charge is 2.12. The van der Waals surface area contributed by atoms with E-state index in [0.717, 1.165) is 24.4 Å². The topological polar surface area (TPSA) is 57.7 Å². The molecule has 0 radical (unpaired) electrons. The highest BCUT2D eigenvalue weighted by atomic mass is 15.2. The summed E-state index contributed by atoms with van der Waals surface area (Å²) in [6.07, 6.45) is 3.21. The molecule has 3 aromatic rings. The Morgan fingerprint density at radius 1 is 1.11 bits per heavy atom. The molecule has 2 aromatic heterocycles. The number of hydrogen-bond donors (Lipinski definition) is 1. The van der Waals surface area contributed by atoms with Crippen molar-refractivity contribution >= 4 is 17.0 Å². The number of H-pyrrole nitrogens is 1. The number of hydrogen-bond acceptors (Lipinski definition) is 4. The molecule has 2 heterocycles. The molecule has 0 spiro atoms. The van der Waals surface area contributed by atoms with E-state index in [4.69, 9.17) is 0 Å². The van der Waals surface area contributed by atoms with Crippen molar-refractivity contribution in [3.05, 3.63) is 48.5 Å². The summed E-state index contributed by atoms with van der Waals surface area (Å²) in [5.41, 5.74) is 2.85. The van der Waals surface area contributed by atoms with Crippen molar-refractivity contribution in [2.45, 2.75) is 13.5 Å². The molecule has 0 atom stereocenters. The van der Waals surface area contributed by atoms with Crippen LogP contribution in [0.5, 0.6) is 0 Å². The Balaban J connectivity index is 1.96. The Bertz CT molecular complexity index is 662. The summed E-state index contributed by atoms with van der Waals surface area (Å²) in [6.45, 7) is 3.82. The van der Waals surface area contributed by atoms with Crippen molar-refractivity contribution in [1.29, 1.82) is 0 Å². The minimum Gasteiger partial charge on any atom is -0.351 e. The van der Waals surface area contributed by atoms with Crippen LogP contribution >= 0.6 is 0 Å². The average molecular weight is 253 g/mol. The molecule has 1 N–H and O–H groups in total. The number of imidazole rings is 1. The lowest BCUT2D eigenvalue weighted by Gasteiger charge is -2.22. The molecule has 5 nitrogen and oxygen atoms in total. The van der Waals surface area contributed by atoms with Crippen molar-refractivity contribution in [2.75, 3.05) is 11.4 Å². The van der Waals surface area contributed by atoms with Crippen molar-refractivity contribution in [3.8, 4) is 0 Å². The maximum absolute atomic E-state index is 4.39. The molecule has 96 valence electrons. The second kappa shape index (κ2) is 5.06. The highest BCUT2D eigenvalue weighted by molar-refractivity contribution is 5.82. The molecule has 3 rings (SSSR count). The van der Waals surface area contributed by atoms with Crippen LogP contribution in [0, 0.1) is 0 Å². The molecule has 0 bridgehead atoms. The van der Waals surface area contributed by atoms with E-state index < -0.39 is 0 Å². The second-order valence-electron chi connectivity index (χ2n) is 4.30. The molecule has 0 aliphatic rings. The van der Waals surface area contributed by atoms with Gasteiger partial charge in [0.2, 0.25) is 0 Å². The maximum Gasteiger partial charge on any atom is 0.182 e. The van der Waals surface area contributed by atoms with Crippen LogP contribution in [-0.2, 0) is 6.54 Å². The molecular weight excluding hydrogens is 238 g/mol. The summed E-state index contributed by atoms with van der Waals surface area (Å²) >= 11 is 0. The molecule has 0 saturated heterocycles. The van der Waals surface area contributed by atoms with Gasteiger partial charge in [-0.15, -0.1) is 0 Å². The third-order valence-corrected chi connectivity index (χ3v) is 3.10. The van der Waals surface area contributed by atoms with E-state index in [1.165, 1.54) is 5.56 Å². The molecular formula is C14H15N5. The van der Waals surface area contributed by atoms with Crippen LogP contribution in [0.25, 0.3) is 11.2 Å². The first-order valence-electron chi connectivity index (χ1n) is 6.31. The number of rotatable bonds is 4. The van der Waals surface area contributed by atoms with Crippen molar-refractivity contribution in [3.63, 3.8) is 0 Å². The van der Waals surface area contributed by atoms with Gasteiger partial charge in [0, 0.05) is 13.1 Å². The van der Waals surface area contributed by atoms with Gasteiger partial charge in [0.1, 0.15) is 11.8 Å². The molecule has 0 aliphatic heterocycles. The molecule has 5 heteroatoms. The predicted molar refractivity (Wildman–Crippen MR) is 74.8 cm³/mol. The van der Waals surface area contributed by atoms with E-state index in [9.17, 15) is 0 Å². The van der Waals surface area contributed by atoms with Gasteiger partial charge in [-0.1, -0.05) is 30.3 Å². The number of nitrogens with one attached hydrogen (secondary N) is 1. The fourth-order valence-corrected chi connectivity index (χ4v) is 2.13.